The van der Waals surface area contributed by atoms with Gasteiger partial charge in [0.25, 0.3) is 5.91 Å². The van der Waals surface area contributed by atoms with Crippen LogP contribution < -0.4 is 10.4 Å². The number of hydrogen-bond acceptors (Lipinski definition) is 4. The minimum Gasteiger partial charge on any atom is -0.288 e. The average molecular weight is 260 g/mol. The third kappa shape index (κ3) is 3.09. The van der Waals surface area contributed by atoms with Crippen molar-refractivity contribution < 1.29 is 9.59 Å². The number of rotatable bonds is 3. The van der Waals surface area contributed by atoms with Gasteiger partial charge in [-0.25, -0.2) is 5.01 Å². The van der Waals surface area contributed by atoms with Gasteiger partial charge >= 0.3 is 0 Å². The van der Waals surface area contributed by atoms with Gasteiger partial charge in [0.2, 0.25) is 5.91 Å². The van der Waals surface area contributed by atoms with Crippen molar-refractivity contribution in [3.63, 3.8) is 0 Å². The van der Waals surface area contributed by atoms with Crippen molar-refractivity contribution in [2.75, 3.05) is 19.1 Å². The number of nitrogens with one attached hydrogen (secondary N) is 1. The maximum atomic E-state index is 12.0. The lowest BCUT2D eigenvalue weighted by molar-refractivity contribution is -0.130. The van der Waals surface area contributed by atoms with E-state index in [0.29, 0.717) is 18.6 Å². The topological polar surface area (TPSA) is 65.0 Å². The van der Waals surface area contributed by atoms with Crippen LogP contribution in [0.3, 0.4) is 0 Å². The van der Waals surface area contributed by atoms with Gasteiger partial charge in [0, 0.05) is 26.9 Å². The molecule has 0 atom stereocenters. The van der Waals surface area contributed by atoms with E-state index >= 15 is 0 Å². The van der Waals surface area contributed by atoms with Crippen LogP contribution in [0.4, 0.5) is 5.69 Å². The zero-order valence-corrected chi connectivity index (χ0v) is 11.0. The largest absolute Gasteiger partial charge is 0.288 e. The molecule has 1 aromatic rings. The molecule has 0 bridgehead atoms. The normalized spacial score (nSPS) is 14.9. The highest BCUT2D eigenvalue weighted by Gasteiger charge is 2.22. The highest BCUT2D eigenvalue weighted by molar-refractivity contribution is 6.39. The molecule has 0 saturated carbocycles. The van der Waals surface area contributed by atoms with Crippen molar-refractivity contribution >= 4 is 23.2 Å². The van der Waals surface area contributed by atoms with Crippen molar-refractivity contribution in [2.45, 2.75) is 12.8 Å². The minimum atomic E-state index is -0.286. The van der Waals surface area contributed by atoms with Crippen LogP contribution in [0.5, 0.6) is 0 Å². The standard InChI is InChI=1S/C13H16N4O2/c1-16(10-6-4-3-5-7-10)15-13(19)11-8-9-12(18)17(2)14-11/h3-7H,8-9H2,1-2H3,(H,15,19). The molecule has 6 heteroatoms. The number of hydrazine groups is 1. The van der Waals surface area contributed by atoms with Crippen molar-refractivity contribution in [3.05, 3.63) is 30.3 Å². The zero-order chi connectivity index (χ0) is 13.8. The van der Waals surface area contributed by atoms with E-state index in [1.54, 1.807) is 19.1 Å². The minimum absolute atomic E-state index is 0.0760. The Kier molecular flexibility index (Phi) is 3.79. The molecule has 2 rings (SSSR count). The summed E-state index contributed by atoms with van der Waals surface area (Å²) < 4.78 is 0. The number of carbonyl (C=O) groups excluding carboxylic acids is 2. The SMILES string of the molecule is CN1N=C(C(=O)NN(C)c2ccccc2)CCC1=O. The van der Waals surface area contributed by atoms with Crippen LogP contribution in [-0.2, 0) is 9.59 Å². The van der Waals surface area contributed by atoms with Crippen molar-refractivity contribution in [3.8, 4) is 0 Å². The van der Waals surface area contributed by atoms with E-state index in [4.69, 9.17) is 0 Å². The van der Waals surface area contributed by atoms with E-state index in [2.05, 4.69) is 10.5 Å². The molecule has 1 aliphatic heterocycles. The van der Waals surface area contributed by atoms with E-state index in [1.807, 2.05) is 30.3 Å². The third-order valence-corrected chi connectivity index (χ3v) is 2.88. The molecule has 0 fully saturated rings. The van der Waals surface area contributed by atoms with Crippen LogP contribution in [0.15, 0.2) is 35.4 Å². The highest BCUT2D eigenvalue weighted by atomic mass is 16.2. The second-order valence-electron chi connectivity index (χ2n) is 4.30. The summed E-state index contributed by atoms with van der Waals surface area (Å²) in [4.78, 5) is 23.3. The van der Waals surface area contributed by atoms with Gasteiger partial charge in [-0.15, -0.1) is 0 Å². The van der Waals surface area contributed by atoms with Gasteiger partial charge in [-0.05, 0) is 12.1 Å². The summed E-state index contributed by atoms with van der Waals surface area (Å²) in [7, 11) is 3.31. The Morgan fingerprint density at radius 3 is 2.63 bits per heavy atom. The van der Waals surface area contributed by atoms with Gasteiger partial charge < -0.3 is 0 Å². The Morgan fingerprint density at radius 1 is 1.32 bits per heavy atom. The lowest BCUT2D eigenvalue weighted by Crippen LogP contribution is -2.45. The molecule has 100 valence electrons. The molecule has 1 aliphatic rings. The number of para-hydroxylation sites is 1. The van der Waals surface area contributed by atoms with Crippen LogP contribution in [0, 0.1) is 0 Å². The lowest BCUT2D eigenvalue weighted by Gasteiger charge is -2.23. The van der Waals surface area contributed by atoms with Gasteiger partial charge in [-0.3, -0.25) is 20.0 Å². The predicted molar refractivity (Wildman–Crippen MR) is 72.4 cm³/mol. The van der Waals surface area contributed by atoms with Crippen LogP contribution in [0.1, 0.15) is 12.8 Å². The van der Waals surface area contributed by atoms with Gasteiger partial charge in [0.1, 0.15) is 5.71 Å². The molecule has 1 N–H and O–H groups in total. The molecular weight excluding hydrogens is 244 g/mol. The van der Waals surface area contributed by atoms with Crippen LogP contribution in [0.2, 0.25) is 0 Å². The molecule has 0 unspecified atom stereocenters. The molecular formula is C13H16N4O2. The van der Waals surface area contributed by atoms with E-state index in [0.717, 1.165) is 5.69 Å². The number of nitrogens with zero attached hydrogens (tertiary/aromatic N) is 3. The molecule has 0 radical (unpaired) electrons. The quantitative estimate of drug-likeness (QED) is 0.816. The summed E-state index contributed by atoms with van der Waals surface area (Å²) in [6.45, 7) is 0. The Morgan fingerprint density at radius 2 is 2.00 bits per heavy atom. The maximum absolute atomic E-state index is 12.0. The molecule has 0 saturated heterocycles. The second-order valence-corrected chi connectivity index (χ2v) is 4.30. The molecule has 1 heterocycles. The molecule has 0 spiro atoms. The number of anilines is 1. The van der Waals surface area contributed by atoms with Gasteiger partial charge in [-0.1, -0.05) is 18.2 Å². The molecule has 6 nitrogen and oxygen atoms in total. The average Bonchev–Trinajstić information content (AvgIpc) is 2.42. The van der Waals surface area contributed by atoms with Gasteiger partial charge in [0.15, 0.2) is 0 Å². The van der Waals surface area contributed by atoms with E-state index < -0.39 is 0 Å². The highest BCUT2D eigenvalue weighted by Crippen LogP contribution is 2.10. The van der Waals surface area contributed by atoms with Crippen molar-refractivity contribution in [1.29, 1.82) is 0 Å². The summed E-state index contributed by atoms with van der Waals surface area (Å²) in [5, 5.41) is 6.81. The first kappa shape index (κ1) is 13.1. The fourth-order valence-corrected chi connectivity index (χ4v) is 1.77. The number of hydrazone groups is 1. The van der Waals surface area contributed by atoms with Crippen molar-refractivity contribution in [1.82, 2.24) is 10.4 Å². The van der Waals surface area contributed by atoms with E-state index in [1.165, 1.54) is 5.01 Å². The number of benzene rings is 1. The Labute approximate surface area is 111 Å². The number of carbonyl (C=O) groups is 2. The Bertz CT molecular complexity index is 513. The molecule has 0 aliphatic carbocycles. The monoisotopic (exact) mass is 260 g/mol. The van der Waals surface area contributed by atoms with Crippen LogP contribution in [0.25, 0.3) is 0 Å². The summed E-state index contributed by atoms with van der Waals surface area (Å²) in [6.07, 6.45) is 0.690. The lowest BCUT2D eigenvalue weighted by atomic mass is 10.1. The van der Waals surface area contributed by atoms with Gasteiger partial charge in [-0.2, -0.15) is 5.10 Å². The zero-order valence-electron chi connectivity index (χ0n) is 11.0. The molecule has 0 aromatic heterocycles. The smallest absolute Gasteiger partial charge is 0.285 e. The summed E-state index contributed by atoms with van der Waals surface area (Å²) in [5.41, 5.74) is 3.96. The number of hydrogen-bond donors (Lipinski definition) is 1. The van der Waals surface area contributed by atoms with Crippen molar-refractivity contribution in [2.24, 2.45) is 5.10 Å². The first-order chi connectivity index (χ1) is 9.08. The molecule has 2 amide bonds. The summed E-state index contributed by atoms with van der Waals surface area (Å²) >= 11 is 0. The Balaban J connectivity index is 2.02. The van der Waals surface area contributed by atoms with Crippen LogP contribution in [-0.4, -0.2) is 36.6 Å². The van der Waals surface area contributed by atoms with Crippen LogP contribution >= 0.6 is 0 Å². The second kappa shape index (κ2) is 5.51. The molecule has 19 heavy (non-hydrogen) atoms. The first-order valence-corrected chi connectivity index (χ1v) is 6.01. The van der Waals surface area contributed by atoms with Gasteiger partial charge in [0.05, 0.1) is 5.69 Å². The predicted octanol–water partition coefficient (Wildman–Crippen LogP) is 0.762. The van der Waals surface area contributed by atoms with E-state index in [-0.39, 0.29) is 11.8 Å². The third-order valence-electron chi connectivity index (χ3n) is 2.88. The Hall–Kier alpha value is -2.37. The summed E-state index contributed by atoms with van der Waals surface area (Å²) in [6, 6.07) is 9.47. The summed E-state index contributed by atoms with van der Waals surface area (Å²) in [5.74, 6) is -0.362. The maximum Gasteiger partial charge on any atom is 0.285 e. The fraction of sp³-hybridized carbons (Fsp3) is 0.308. The number of amides is 2. The first-order valence-electron chi connectivity index (χ1n) is 6.01. The molecule has 1 aromatic carbocycles. The fourth-order valence-electron chi connectivity index (χ4n) is 1.77. The van der Waals surface area contributed by atoms with E-state index in [9.17, 15) is 9.59 Å².